The van der Waals surface area contributed by atoms with Crippen LogP contribution in [0.15, 0.2) is 66.0 Å². The molecule has 0 bridgehead atoms. The first kappa shape index (κ1) is 18.3. The third kappa shape index (κ3) is 3.09. The number of carbonyl (C=O) groups excluding carboxylic acids is 1. The lowest BCUT2D eigenvalue weighted by molar-refractivity contribution is 0.100. The molecule has 0 atom stereocenters. The summed E-state index contributed by atoms with van der Waals surface area (Å²) in [6.07, 6.45) is 0. The van der Waals surface area contributed by atoms with Crippen molar-refractivity contribution >= 4 is 44.2 Å². The van der Waals surface area contributed by atoms with Gasteiger partial charge in [0.15, 0.2) is 0 Å². The molecule has 5 rings (SSSR count). The van der Waals surface area contributed by atoms with Crippen LogP contribution in [0.25, 0.3) is 27.1 Å². The Morgan fingerprint density at radius 3 is 2.70 bits per heavy atom. The van der Waals surface area contributed by atoms with Crippen molar-refractivity contribution in [2.45, 2.75) is 13.5 Å². The number of hydrogen-bond acceptors (Lipinski definition) is 5. The summed E-state index contributed by atoms with van der Waals surface area (Å²) in [4.78, 5) is 22.4. The molecule has 0 spiro atoms. The third-order valence-electron chi connectivity index (χ3n) is 5.11. The topological polar surface area (TPSA) is 85.8 Å². The number of nitrogens with two attached hydrogens (primary N) is 1. The average molecular weight is 414 g/mol. The molecular formula is C23H19N5OS. The Balaban J connectivity index is 1.64. The Morgan fingerprint density at radius 2 is 1.90 bits per heavy atom. The maximum absolute atomic E-state index is 11.9. The number of benzene rings is 2. The minimum atomic E-state index is -0.447. The minimum absolute atomic E-state index is 0.447. The monoisotopic (exact) mass is 413 g/mol. The zero-order valence-electron chi connectivity index (χ0n) is 16.3. The highest BCUT2D eigenvalue weighted by Crippen LogP contribution is 2.30. The fourth-order valence-corrected chi connectivity index (χ4v) is 4.46. The molecule has 0 unspecified atom stereocenters. The van der Waals surface area contributed by atoms with Gasteiger partial charge in [0.25, 0.3) is 0 Å². The first-order valence-corrected chi connectivity index (χ1v) is 10.4. The lowest BCUT2D eigenvalue weighted by Gasteiger charge is -2.11. The lowest BCUT2D eigenvalue weighted by Crippen LogP contribution is -2.11. The molecule has 3 N–H and O–H groups in total. The van der Waals surface area contributed by atoms with Gasteiger partial charge in [0, 0.05) is 23.2 Å². The van der Waals surface area contributed by atoms with E-state index in [2.05, 4.69) is 17.4 Å². The van der Waals surface area contributed by atoms with Gasteiger partial charge in [0.1, 0.15) is 10.6 Å². The van der Waals surface area contributed by atoms with E-state index in [9.17, 15) is 4.79 Å². The van der Waals surface area contributed by atoms with Crippen molar-refractivity contribution in [3.63, 3.8) is 0 Å². The first-order chi connectivity index (χ1) is 14.6. The van der Waals surface area contributed by atoms with Crippen LogP contribution in [0.5, 0.6) is 0 Å². The summed E-state index contributed by atoms with van der Waals surface area (Å²) >= 11 is 1.58. The average Bonchev–Trinajstić information content (AvgIpc) is 3.35. The SMILES string of the molecule is Cc1cc2c(C(N)=O)cccc2n1-c1nc(NCc2ccccc2)c2ccsc2n1. The van der Waals surface area contributed by atoms with Gasteiger partial charge in [-0.3, -0.25) is 9.36 Å². The van der Waals surface area contributed by atoms with Crippen LogP contribution < -0.4 is 11.1 Å². The van der Waals surface area contributed by atoms with Gasteiger partial charge in [0.2, 0.25) is 11.9 Å². The second-order valence-corrected chi connectivity index (χ2v) is 7.97. The highest BCUT2D eigenvalue weighted by atomic mass is 32.1. The predicted molar refractivity (Wildman–Crippen MR) is 121 cm³/mol. The first-order valence-electron chi connectivity index (χ1n) is 9.56. The van der Waals surface area contributed by atoms with E-state index in [0.717, 1.165) is 32.6 Å². The molecule has 148 valence electrons. The smallest absolute Gasteiger partial charge is 0.249 e. The van der Waals surface area contributed by atoms with Crippen LogP contribution in [0.4, 0.5) is 5.82 Å². The Labute approximate surface area is 177 Å². The Hall–Kier alpha value is -3.71. The van der Waals surface area contributed by atoms with Gasteiger partial charge in [-0.15, -0.1) is 11.3 Å². The molecule has 1 amide bonds. The van der Waals surface area contributed by atoms with Crippen molar-refractivity contribution in [2.75, 3.05) is 5.32 Å². The number of aryl methyl sites for hydroxylation is 1. The molecule has 0 aliphatic carbocycles. The van der Waals surface area contributed by atoms with Gasteiger partial charge in [-0.25, -0.2) is 4.98 Å². The van der Waals surface area contributed by atoms with Gasteiger partial charge in [-0.2, -0.15) is 4.98 Å². The van der Waals surface area contributed by atoms with E-state index in [4.69, 9.17) is 15.7 Å². The van der Waals surface area contributed by atoms with Gasteiger partial charge >= 0.3 is 0 Å². The third-order valence-corrected chi connectivity index (χ3v) is 5.92. The molecule has 5 aromatic rings. The predicted octanol–water partition coefficient (Wildman–Crippen LogP) is 4.65. The molecule has 2 aromatic carbocycles. The number of carbonyl (C=O) groups is 1. The molecule has 0 fully saturated rings. The van der Waals surface area contributed by atoms with Crippen LogP contribution in [0, 0.1) is 6.92 Å². The van der Waals surface area contributed by atoms with Crippen LogP contribution >= 0.6 is 11.3 Å². The van der Waals surface area contributed by atoms with Crippen molar-refractivity contribution in [1.29, 1.82) is 0 Å². The molecular weight excluding hydrogens is 394 g/mol. The van der Waals surface area contributed by atoms with Crippen LogP contribution in [-0.2, 0) is 6.54 Å². The van der Waals surface area contributed by atoms with Crippen molar-refractivity contribution in [3.05, 3.63) is 82.9 Å². The molecule has 3 aromatic heterocycles. The molecule has 0 aliphatic heterocycles. The lowest BCUT2D eigenvalue weighted by atomic mass is 10.1. The summed E-state index contributed by atoms with van der Waals surface area (Å²) in [5.74, 6) is 0.902. The summed E-state index contributed by atoms with van der Waals surface area (Å²) in [5.41, 5.74) is 9.03. The number of nitrogens with one attached hydrogen (secondary N) is 1. The van der Waals surface area contributed by atoms with Crippen LogP contribution in [-0.4, -0.2) is 20.4 Å². The number of hydrogen-bond donors (Lipinski definition) is 2. The summed E-state index contributed by atoms with van der Waals surface area (Å²) in [5, 5.41) is 7.27. The van der Waals surface area contributed by atoms with Gasteiger partial charge in [-0.1, -0.05) is 36.4 Å². The van der Waals surface area contributed by atoms with Crippen molar-refractivity contribution in [2.24, 2.45) is 5.73 Å². The summed E-state index contributed by atoms with van der Waals surface area (Å²) in [7, 11) is 0. The summed E-state index contributed by atoms with van der Waals surface area (Å²) in [6, 6.07) is 19.7. The molecule has 6 nitrogen and oxygen atoms in total. The van der Waals surface area contributed by atoms with E-state index in [-0.39, 0.29) is 0 Å². The Kier molecular flexibility index (Phi) is 4.44. The van der Waals surface area contributed by atoms with Crippen LogP contribution in [0.3, 0.4) is 0 Å². The number of thiophene rings is 1. The number of primary amides is 1. The number of amides is 1. The quantitative estimate of drug-likeness (QED) is 0.439. The standard InChI is InChI=1S/C23H19N5OS/c1-14-12-18-16(20(24)29)8-5-9-19(18)28(14)23-26-21(17-10-11-30-22(17)27-23)25-13-15-6-3-2-4-7-15/h2-12H,13H2,1H3,(H2,24,29)(H,25,26,27). The Bertz CT molecular complexity index is 1390. The fraction of sp³-hybridized carbons (Fsp3) is 0.0870. The largest absolute Gasteiger partial charge is 0.366 e. The molecule has 3 heterocycles. The number of rotatable bonds is 5. The van der Waals surface area contributed by atoms with Crippen molar-refractivity contribution in [3.8, 4) is 5.95 Å². The second kappa shape index (κ2) is 7.27. The second-order valence-electron chi connectivity index (χ2n) is 7.07. The summed E-state index contributed by atoms with van der Waals surface area (Å²) < 4.78 is 1.97. The molecule has 0 saturated carbocycles. The maximum atomic E-state index is 11.9. The van der Waals surface area contributed by atoms with Gasteiger partial charge in [0.05, 0.1) is 10.9 Å². The maximum Gasteiger partial charge on any atom is 0.249 e. The fourth-order valence-electron chi connectivity index (χ4n) is 3.70. The highest BCUT2D eigenvalue weighted by Gasteiger charge is 2.17. The van der Waals surface area contributed by atoms with E-state index in [1.807, 2.05) is 59.3 Å². The van der Waals surface area contributed by atoms with E-state index < -0.39 is 5.91 Å². The highest BCUT2D eigenvalue weighted by molar-refractivity contribution is 7.16. The van der Waals surface area contributed by atoms with E-state index in [0.29, 0.717) is 18.1 Å². The molecule has 0 aliphatic rings. The molecule has 30 heavy (non-hydrogen) atoms. The zero-order valence-corrected chi connectivity index (χ0v) is 17.1. The van der Waals surface area contributed by atoms with Gasteiger partial charge < -0.3 is 11.1 Å². The van der Waals surface area contributed by atoms with Gasteiger partial charge in [-0.05, 0) is 42.1 Å². The number of aromatic nitrogens is 3. The van der Waals surface area contributed by atoms with Crippen molar-refractivity contribution in [1.82, 2.24) is 14.5 Å². The molecule has 0 radical (unpaired) electrons. The molecule has 0 saturated heterocycles. The number of nitrogens with zero attached hydrogens (tertiary/aromatic N) is 3. The van der Waals surface area contributed by atoms with E-state index in [1.165, 1.54) is 5.56 Å². The number of fused-ring (bicyclic) bond motifs is 2. The number of anilines is 1. The van der Waals surface area contributed by atoms with E-state index >= 15 is 0 Å². The minimum Gasteiger partial charge on any atom is -0.366 e. The molecule has 7 heteroatoms. The zero-order chi connectivity index (χ0) is 20.7. The van der Waals surface area contributed by atoms with E-state index in [1.54, 1.807) is 17.4 Å². The van der Waals surface area contributed by atoms with Crippen LogP contribution in [0.1, 0.15) is 21.6 Å². The Morgan fingerprint density at radius 1 is 1.07 bits per heavy atom. The van der Waals surface area contributed by atoms with Crippen LogP contribution in [0.2, 0.25) is 0 Å². The van der Waals surface area contributed by atoms with Crippen molar-refractivity contribution < 1.29 is 4.79 Å². The summed E-state index contributed by atoms with van der Waals surface area (Å²) in [6.45, 7) is 2.64. The normalized spacial score (nSPS) is 11.2.